The number of carbonyl (C=O) groups excluding carboxylic acids is 1. The summed E-state index contributed by atoms with van der Waals surface area (Å²) in [6, 6.07) is 9.94. The van der Waals surface area contributed by atoms with E-state index in [0.717, 1.165) is 27.9 Å². The van der Waals surface area contributed by atoms with Gasteiger partial charge in [-0.1, -0.05) is 18.2 Å². The van der Waals surface area contributed by atoms with Gasteiger partial charge in [0.25, 0.3) is 5.91 Å². The number of carbonyl (C=O) groups is 2. The van der Waals surface area contributed by atoms with Crippen molar-refractivity contribution in [3.05, 3.63) is 35.2 Å². The molecular weight excluding hydrogens is 286 g/mol. The molecular formula is C16H17NO3S. The average molecular weight is 303 g/mol. The number of carboxylic acid groups (broad SMARTS) is 1. The van der Waals surface area contributed by atoms with Crippen LogP contribution in [0.2, 0.25) is 0 Å². The van der Waals surface area contributed by atoms with Gasteiger partial charge in [-0.15, -0.1) is 11.3 Å². The van der Waals surface area contributed by atoms with E-state index in [9.17, 15) is 9.59 Å². The van der Waals surface area contributed by atoms with Gasteiger partial charge in [0.05, 0.1) is 4.88 Å². The summed E-state index contributed by atoms with van der Waals surface area (Å²) in [5, 5.41) is 9.83. The zero-order valence-corrected chi connectivity index (χ0v) is 12.4. The normalized spacial score (nSPS) is 18.3. The summed E-state index contributed by atoms with van der Waals surface area (Å²) in [6.07, 6.45) is 1.75. The van der Waals surface area contributed by atoms with E-state index in [-0.39, 0.29) is 12.3 Å². The van der Waals surface area contributed by atoms with Crippen LogP contribution in [-0.4, -0.2) is 35.0 Å². The molecule has 1 amide bonds. The van der Waals surface area contributed by atoms with Crippen molar-refractivity contribution in [2.45, 2.75) is 19.3 Å². The quantitative estimate of drug-likeness (QED) is 0.943. The number of carboxylic acids is 1. The van der Waals surface area contributed by atoms with E-state index < -0.39 is 5.97 Å². The fourth-order valence-electron chi connectivity index (χ4n) is 2.82. The van der Waals surface area contributed by atoms with Gasteiger partial charge in [0, 0.05) is 24.2 Å². The average Bonchev–Trinajstić information content (AvgIpc) is 3.11. The molecule has 3 rings (SSSR count). The van der Waals surface area contributed by atoms with Gasteiger partial charge in [-0.3, -0.25) is 9.59 Å². The summed E-state index contributed by atoms with van der Waals surface area (Å²) < 4.78 is 1.13. The van der Waals surface area contributed by atoms with Crippen LogP contribution in [0, 0.1) is 5.92 Å². The van der Waals surface area contributed by atoms with Crippen LogP contribution in [0.25, 0.3) is 10.1 Å². The first-order valence-corrected chi connectivity index (χ1v) is 7.95. The minimum Gasteiger partial charge on any atom is -0.481 e. The van der Waals surface area contributed by atoms with Gasteiger partial charge < -0.3 is 10.0 Å². The predicted octanol–water partition coefficient (Wildman–Crippen LogP) is 3.23. The van der Waals surface area contributed by atoms with E-state index in [0.29, 0.717) is 18.9 Å². The molecule has 1 atom stereocenters. The summed E-state index contributed by atoms with van der Waals surface area (Å²) in [6.45, 7) is 1.41. The zero-order chi connectivity index (χ0) is 14.8. The molecule has 1 N–H and O–H groups in total. The van der Waals surface area contributed by atoms with Crippen molar-refractivity contribution in [2.24, 2.45) is 5.92 Å². The van der Waals surface area contributed by atoms with Crippen molar-refractivity contribution < 1.29 is 14.7 Å². The third-order valence-corrected chi connectivity index (χ3v) is 5.08. The van der Waals surface area contributed by atoms with Crippen molar-refractivity contribution in [3.8, 4) is 0 Å². The summed E-state index contributed by atoms with van der Waals surface area (Å²) >= 11 is 1.53. The van der Waals surface area contributed by atoms with Crippen LogP contribution in [-0.2, 0) is 4.79 Å². The van der Waals surface area contributed by atoms with Crippen LogP contribution in [0.5, 0.6) is 0 Å². The molecule has 1 aromatic heterocycles. The Kier molecular flexibility index (Phi) is 3.92. The topological polar surface area (TPSA) is 57.6 Å². The number of benzene rings is 1. The monoisotopic (exact) mass is 303 g/mol. The first-order valence-electron chi connectivity index (χ1n) is 7.13. The zero-order valence-electron chi connectivity index (χ0n) is 11.6. The molecule has 110 valence electrons. The van der Waals surface area contributed by atoms with Crippen LogP contribution in [0.1, 0.15) is 28.9 Å². The molecule has 2 heterocycles. The fourth-order valence-corrected chi connectivity index (χ4v) is 3.85. The van der Waals surface area contributed by atoms with Crippen LogP contribution in [0.4, 0.5) is 0 Å². The van der Waals surface area contributed by atoms with Crippen molar-refractivity contribution in [3.63, 3.8) is 0 Å². The molecule has 0 saturated carbocycles. The molecule has 21 heavy (non-hydrogen) atoms. The Morgan fingerprint density at radius 2 is 2.14 bits per heavy atom. The molecule has 0 bridgehead atoms. The number of hydrogen-bond acceptors (Lipinski definition) is 3. The van der Waals surface area contributed by atoms with E-state index in [2.05, 4.69) is 0 Å². The molecule has 0 spiro atoms. The van der Waals surface area contributed by atoms with Gasteiger partial charge in [0.2, 0.25) is 0 Å². The summed E-state index contributed by atoms with van der Waals surface area (Å²) in [5.41, 5.74) is 0. The standard InChI is InChI=1S/C16H17NO3S/c18-15(19)6-5-11-7-8-17(10-11)16(20)14-9-12-3-1-2-4-13(12)21-14/h1-4,9,11H,5-8,10H2,(H,18,19). The Balaban J connectivity index is 1.67. The molecule has 1 unspecified atom stereocenters. The van der Waals surface area contributed by atoms with Crippen molar-refractivity contribution in [2.75, 3.05) is 13.1 Å². The number of aliphatic carboxylic acids is 1. The summed E-state index contributed by atoms with van der Waals surface area (Å²) in [4.78, 5) is 25.8. The molecule has 2 aromatic rings. The number of amides is 1. The molecule has 1 aromatic carbocycles. The SMILES string of the molecule is O=C(O)CCC1CCN(C(=O)c2cc3ccccc3s2)C1. The lowest BCUT2D eigenvalue weighted by molar-refractivity contribution is -0.137. The van der Waals surface area contributed by atoms with Crippen LogP contribution >= 0.6 is 11.3 Å². The molecule has 0 aliphatic carbocycles. The van der Waals surface area contributed by atoms with Gasteiger partial charge in [-0.05, 0) is 36.3 Å². The lowest BCUT2D eigenvalue weighted by Gasteiger charge is -2.15. The van der Waals surface area contributed by atoms with E-state index in [1.54, 1.807) is 0 Å². The molecule has 1 aliphatic heterocycles. The first kappa shape index (κ1) is 14.1. The maximum atomic E-state index is 12.5. The Morgan fingerprint density at radius 1 is 1.33 bits per heavy atom. The largest absolute Gasteiger partial charge is 0.481 e. The van der Waals surface area contributed by atoms with Crippen LogP contribution in [0.15, 0.2) is 30.3 Å². The minimum absolute atomic E-state index is 0.0778. The van der Waals surface area contributed by atoms with E-state index in [1.165, 1.54) is 11.3 Å². The lowest BCUT2D eigenvalue weighted by Crippen LogP contribution is -2.28. The maximum Gasteiger partial charge on any atom is 0.303 e. The molecule has 4 nitrogen and oxygen atoms in total. The number of thiophene rings is 1. The van der Waals surface area contributed by atoms with Crippen molar-refractivity contribution in [1.29, 1.82) is 0 Å². The van der Waals surface area contributed by atoms with E-state index in [4.69, 9.17) is 5.11 Å². The Labute approximate surface area is 127 Å². The van der Waals surface area contributed by atoms with E-state index >= 15 is 0 Å². The highest BCUT2D eigenvalue weighted by molar-refractivity contribution is 7.20. The first-order chi connectivity index (χ1) is 10.1. The van der Waals surface area contributed by atoms with E-state index in [1.807, 2.05) is 35.2 Å². The highest BCUT2D eigenvalue weighted by Crippen LogP contribution is 2.29. The Hall–Kier alpha value is -1.88. The minimum atomic E-state index is -0.760. The van der Waals surface area contributed by atoms with Crippen LogP contribution < -0.4 is 0 Å². The second-order valence-electron chi connectivity index (χ2n) is 5.49. The third kappa shape index (κ3) is 3.08. The number of rotatable bonds is 4. The van der Waals surface area contributed by atoms with Gasteiger partial charge in [-0.25, -0.2) is 0 Å². The lowest BCUT2D eigenvalue weighted by atomic mass is 10.0. The number of fused-ring (bicyclic) bond motifs is 1. The van der Waals surface area contributed by atoms with Gasteiger partial charge in [0.15, 0.2) is 0 Å². The van der Waals surface area contributed by atoms with Gasteiger partial charge in [0.1, 0.15) is 0 Å². The van der Waals surface area contributed by atoms with Crippen LogP contribution in [0.3, 0.4) is 0 Å². The molecule has 0 radical (unpaired) electrons. The molecule has 1 aliphatic rings. The number of hydrogen-bond donors (Lipinski definition) is 1. The maximum absolute atomic E-state index is 12.5. The highest BCUT2D eigenvalue weighted by atomic mass is 32.1. The Morgan fingerprint density at radius 3 is 2.90 bits per heavy atom. The second-order valence-corrected chi connectivity index (χ2v) is 6.57. The van der Waals surface area contributed by atoms with Gasteiger partial charge >= 0.3 is 5.97 Å². The third-order valence-electron chi connectivity index (χ3n) is 3.98. The predicted molar refractivity (Wildman–Crippen MR) is 82.7 cm³/mol. The number of likely N-dealkylation sites (tertiary alicyclic amines) is 1. The highest BCUT2D eigenvalue weighted by Gasteiger charge is 2.28. The summed E-state index contributed by atoms with van der Waals surface area (Å²) in [5.74, 6) is -0.363. The number of nitrogens with zero attached hydrogens (tertiary/aromatic N) is 1. The Bertz CT molecular complexity index is 646. The van der Waals surface area contributed by atoms with Gasteiger partial charge in [-0.2, -0.15) is 0 Å². The van der Waals surface area contributed by atoms with Crippen molar-refractivity contribution in [1.82, 2.24) is 4.90 Å². The smallest absolute Gasteiger partial charge is 0.303 e. The molecule has 5 heteroatoms. The fraction of sp³-hybridized carbons (Fsp3) is 0.375. The van der Waals surface area contributed by atoms with Crippen molar-refractivity contribution >= 4 is 33.3 Å². The second kappa shape index (κ2) is 5.85. The molecule has 1 fully saturated rings. The summed E-state index contributed by atoms with van der Waals surface area (Å²) in [7, 11) is 0. The molecule has 1 saturated heterocycles.